The molecule has 152 valence electrons. The lowest BCUT2D eigenvalue weighted by Gasteiger charge is -2.35. The molecule has 0 aromatic heterocycles. The van der Waals surface area contributed by atoms with Crippen molar-refractivity contribution in [2.24, 2.45) is 17.8 Å². The second-order valence-electron chi connectivity index (χ2n) is 8.81. The molecule has 5 atom stereocenters. The van der Waals surface area contributed by atoms with E-state index >= 15 is 0 Å². The number of nitrogens with one attached hydrogen (secondary N) is 2. The number of amides is 2. The number of hydrogen-bond donors (Lipinski definition) is 2. The molecule has 1 aliphatic heterocycles. The lowest BCUT2D eigenvalue weighted by Crippen LogP contribution is -2.56. The highest BCUT2D eigenvalue weighted by Crippen LogP contribution is 2.49. The van der Waals surface area contributed by atoms with E-state index in [1.165, 1.54) is 37.8 Å². The standard InChI is InChI=1S/C22H30FN3O2/c1-14(19-11-15-5-6-17(19)9-15)25-21(27)12-20-22(28)24-7-8-26(20)13-16-3-2-4-18(23)10-16/h2-4,10,14-15,17,19-20H,5-9,11-13H2,1H3,(H,24,28)(H,25,27)/t14-,15-,17-,19-,20-/m0/s1. The van der Waals surface area contributed by atoms with E-state index in [0.29, 0.717) is 25.6 Å². The number of carbonyl (C=O) groups is 2. The zero-order valence-corrected chi connectivity index (χ0v) is 16.5. The molecule has 2 N–H and O–H groups in total. The van der Waals surface area contributed by atoms with Gasteiger partial charge >= 0.3 is 0 Å². The zero-order chi connectivity index (χ0) is 19.7. The van der Waals surface area contributed by atoms with E-state index in [-0.39, 0.29) is 30.1 Å². The first-order valence-electron chi connectivity index (χ1n) is 10.5. The molecule has 1 heterocycles. The minimum atomic E-state index is -0.510. The van der Waals surface area contributed by atoms with E-state index in [1.807, 2.05) is 11.0 Å². The van der Waals surface area contributed by atoms with E-state index in [2.05, 4.69) is 17.6 Å². The molecule has 28 heavy (non-hydrogen) atoms. The summed E-state index contributed by atoms with van der Waals surface area (Å²) in [6.45, 7) is 3.77. The summed E-state index contributed by atoms with van der Waals surface area (Å²) in [6, 6.07) is 6.07. The van der Waals surface area contributed by atoms with Crippen molar-refractivity contribution < 1.29 is 14.0 Å². The SMILES string of the molecule is C[C@H](NC(=O)C[C@H]1C(=O)NCCN1Cc1cccc(F)c1)[C@@H]1C[C@H]2CC[C@H]1C2. The Morgan fingerprint density at radius 2 is 2.21 bits per heavy atom. The van der Waals surface area contributed by atoms with E-state index in [1.54, 1.807) is 6.07 Å². The molecule has 2 bridgehead atoms. The third-order valence-corrected chi connectivity index (χ3v) is 6.92. The Morgan fingerprint density at radius 1 is 1.36 bits per heavy atom. The van der Waals surface area contributed by atoms with Gasteiger partial charge in [0.05, 0.1) is 12.5 Å². The molecule has 2 amide bonds. The van der Waals surface area contributed by atoms with Crippen molar-refractivity contribution in [2.45, 2.75) is 57.7 Å². The Kier molecular flexibility index (Phi) is 5.67. The van der Waals surface area contributed by atoms with Gasteiger partial charge in [0.2, 0.25) is 11.8 Å². The third kappa shape index (κ3) is 4.22. The Balaban J connectivity index is 1.36. The van der Waals surface area contributed by atoms with Crippen LogP contribution in [0.15, 0.2) is 24.3 Å². The highest BCUT2D eigenvalue weighted by Gasteiger charge is 2.42. The molecular weight excluding hydrogens is 357 g/mol. The van der Waals surface area contributed by atoms with Gasteiger partial charge in [-0.05, 0) is 61.6 Å². The van der Waals surface area contributed by atoms with Crippen LogP contribution in [0.2, 0.25) is 0 Å². The zero-order valence-electron chi connectivity index (χ0n) is 16.5. The number of benzene rings is 1. The lowest BCUT2D eigenvalue weighted by atomic mass is 9.84. The molecule has 2 aliphatic carbocycles. The Bertz CT molecular complexity index is 740. The minimum Gasteiger partial charge on any atom is -0.353 e. The second kappa shape index (κ2) is 8.19. The van der Waals surface area contributed by atoms with Gasteiger partial charge in [-0.3, -0.25) is 14.5 Å². The van der Waals surface area contributed by atoms with Gasteiger partial charge in [-0.2, -0.15) is 0 Å². The van der Waals surface area contributed by atoms with Crippen molar-refractivity contribution in [3.8, 4) is 0 Å². The fourth-order valence-electron chi connectivity index (χ4n) is 5.54. The maximum atomic E-state index is 13.5. The first-order valence-corrected chi connectivity index (χ1v) is 10.5. The average molecular weight is 387 g/mol. The van der Waals surface area contributed by atoms with Gasteiger partial charge in [-0.15, -0.1) is 0 Å². The highest BCUT2D eigenvalue weighted by atomic mass is 19.1. The molecule has 2 saturated carbocycles. The van der Waals surface area contributed by atoms with Crippen LogP contribution in [0.25, 0.3) is 0 Å². The fraction of sp³-hybridized carbons (Fsp3) is 0.636. The molecule has 1 saturated heterocycles. The molecule has 4 rings (SSSR count). The summed E-state index contributed by atoms with van der Waals surface area (Å²) in [5.74, 6) is 1.70. The predicted octanol–water partition coefficient (Wildman–Crippen LogP) is 2.46. The number of piperazine rings is 1. The van der Waals surface area contributed by atoms with Crippen LogP contribution >= 0.6 is 0 Å². The van der Waals surface area contributed by atoms with Gasteiger partial charge < -0.3 is 10.6 Å². The third-order valence-electron chi connectivity index (χ3n) is 6.92. The molecule has 1 aromatic rings. The maximum Gasteiger partial charge on any atom is 0.237 e. The topological polar surface area (TPSA) is 61.4 Å². The van der Waals surface area contributed by atoms with Crippen LogP contribution < -0.4 is 10.6 Å². The molecule has 0 unspecified atom stereocenters. The average Bonchev–Trinajstić information content (AvgIpc) is 3.28. The highest BCUT2D eigenvalue weighted by molar-refractivity contribution is 5.88. The summed E-state index contributed by atoms with van der Waals surface area (Å²) in [7, 11) is 0. The molecule has 3 aliphatic rings. The maximum absolute atomic E-state index is 13.5. The van der Waals surface area contributed by atoms with Crippen LogP contribution in [0.1, 0.15) is 44.6 Å². The van der Waals surface area contributed by atoms with Gasteiger partial charge in [0.25, 0.3) is 0 Å². The predicted molar refractivity (Wildman–Crippen MR) is 105 cm³/mol. The van der Waals surface area contributed by atoms with E-state index in [0.717, 1.165) is 17.4 Å². The van der Waals surface area contributed by atoms with E-state index in [9.17, 15) is 14.0 Å². The van der Waals surface area contributed by atoms with Crippen molar-refractivity contribution in [3.05, 3.63) is 35.6 Å². The largest absolute Gasteiger partial charge is 0.353 e. The molecule has 6 heteroatoms. The van der Waals surface area contributed by atoms with Crippen molar-refractivity contribution in [1.82, 2.24) is 15.5 Å². The number of halogens is 1. The first kappa shape index (κ1) is 19.4. The minimum absolute atomic E-state index is 0.0680. The van der Waals surface area contributed by atoms with Gasteiger partial charge in [0.15, 0.2) is 0 Å². The Labute approximate surface area is 166 Å². The molecule has 3 fully saturated rings. The molecule has 0 radical (unpaired) electrons. The molecule has 0 spiro atoms. The molecule has 5 nitrogen and oxygen atoms in total. The van der Waals surface area contributed by atoms with Gasteiger partial charge in [0, 0.05) is 25.7 Å². The summed E-state index contributed by atoms with van der Waals surface area (Å²) in [4.78, 5) is 27.1. The van der Waals surface area contributed by atoms with Gasteiger partial charge in [-0.1, -0.05) is 18.6 Å². The summed E-state index contributed by atoms with van der Waals surface area (Å²) < 4.78 is 13.5. The monoisotopic (exact) mass is 387 g/mol. The fourth-order valence-corrected chi connectivity index (χ4v) is 5.54. The molecular formula is C22H30FN3O2. The Morgan fingerprint density at radius 3 is 2.93 bits per heavy atom. The summed E-state index contributed by atoms with van der Waals surface area (Å²) in [5, 5.41) is 6.02. The smallest absolute Gasteiger partial charge is 0.237 e. The first-order chi connectivity index (χ1) is 13.5. The van der Waals surface area contributed by atoms with Crippen molar-refractivity contribution in [3.63, 3.8) is 0 Å². The number of nitrogens with zero attached hydrogens (tertiary/aromatic N) is 1. The van der Waals surface area contributed by atoms with Crippen LogP contribution in [0.5, 0.6) is 0 Å². The lowest BCUT2D eigenvalue weighted by molar-refractivity contribution is -0.134. The normalized spacial score (nSPS) is 30.9. The van der Waals surface area contributed by atoms with Crippen LogP contribution in [0.3, 0.4) is 0 Å². The van der Waals surface area contributed by atoms with Crippen LogP contribution in [-0.2, 0) is 16.1 Å². The number of fused-ring (bicyclic) bond motifs is 2. The second-order valence-corrected chi connectivity index (χ2v) is 8.81. The summed E-state index contributed by atoms with van der Waals surface area (Å²) in [5.41, 5.74) is 0.815. The van der Waals surface area contributed by atoms with Crippen LogP contribution in [0, 0.1) is 23.6 Å². The number of hydrogen-bond acceptors (Lipinski definition) is 3. The van der Waals surface area contributed by atoms with Crippen molar-refractivity contribution in [1.29, 1.82) is 0 Å². The summed E-state index contributed by atoms with van der Waals surface area (Å²) >= 11 is 0. The van der Waals surface area contributed by atoms with E-state index in [4.69, 9.17) is 0 Å². The van der Waals surface area contributed by atoms with Crippen molar-refractivity contribution in [2.75, 3.05) is 13.1 Å². The van der Waals surface area contributed by atoms with Gasteiger partial charge in [-0.25, -0.2) is 4.39 Å². The number of rotatable bonds is 6. The van der Waals surface area contributed by atoms with Gasteiger partial charge in [0.1, 0.15) is 5.82 Å². The number of carbonyl (C=O) groups excluding carboxylic acids is 2. The van der Waals surface area contributed by atoms with Crippen molar-refractivity contribution >= 4 is 11.8 Å². The van der Waals surface area contributed by atoms with E-state index < -0.39 is 6.04 Å². The van der Waals surface area contributed by atoms with Crippen LogP contribution in [0.4, 0.5) is 4.39 Å². The van der Waals surface area contributed by atoms with Crippen LogP contribution in [-0.4, -0.2) is 41.9 Å². The molecule has 1 aromatic carbocycles. The Hall–Kier alpha value is -1.95. The quantitative estimate of drug-likeness (QED) is 0.788. The summed E-state index contributed by atoms with van der Waals surface area (Å²) in [6.07, 6.45) is 5.33.